The molecule has 1 aliphatic rings. The van der Waals surface area contributed by atoms with E-state index in [-0.39, 0.29) is 18.4 Å². The summed E-state index contributed by atoms with van der Waals surface area (Å²) in [7, 11) is 0. The van der Waals surface area contributed by atoms with Crippen LogP contribution < -0.4 is 28.1 Å². The first-order valence-corrected chi connectivity index (χ1v) is 9.14. The molecule has 2 aromatic rings. The number of rotatable bonds is 4. The highest BCUT2D eigenvalue weighted by molar-refractivity contribution is 6.30. The third-order valence-corrected chi connectivity index (χ3v) is 4.57. The molecule has 0 aromatic heterocycles. The van der Waals surface area contributed by atoms with Crippen molar-refractivity contribution in [1.29, 1.82) is 0 Å². The molecule has 6 heteroatoms. The summed E-state index contributed by atoms with van der Waals surface area (Å²) < 4.78 is 0. The maximum Gasteiger partial charge on any atom is 0.372 e. The molecule has 0 amide bonds. The fourth-order valence-corrected chi connectivity index (χ4v) is 2.83. The van der Waals surface area contributed by atoms with E-state index in [4.69, 9.17) is 11.6 Å². The maximum absolute atomic E-state index is 6.01. The van der Waals surface area contributed by atoms with E-state index in [1.165, 1.54) is 0 Å². The van der Waals surface area contributed by atoms with Gasteiger partial charge in [-0.3, -0.25) is 4.99 Å². The maximum atomic E-state index is 6.01. The lowest BCUT2D eigenvalue weighted by molar-refractivity contribution is -0.503. The van der Waals surface area contributed by atoms with E-state index in [2.05, 4.69) is 40.8 Å². The Morgan fingerprint density at radius 2 is 1.78 bits per heavy atom. The molecule has 3 N–H and O–H groups in total. The smallest absolute Gasteiger partial charge is 0.372 e. The highest BCUT2D eigenvalue weighted by atomic mass is 35.5. The van der Waals surface area contributed by atoms with Gasteiger partial charge in [0.15, 0.2) is 0 Å². The van der Waals surface area contributed by atoms with Gasteiger partial charge in [0.1, 0.15) is 5.70 Å². The van der Waals surface area contributed by atoms with Crippen molar-refractivity contribution >= 4 is 29.0 Å². The fraction of sp³-hybridized carbons (Fsp3) is 0.238. The molecule has 1 heterocycles. The van der Waals surface area contributed by atoms with E-state index in [9.17, 15) is 0 Å². The first kappa shape index (κ1) is 21.0. The molecule has 4 nitrogen and oxygen atoms in total. The van der Waals surface area contributed by atoms with Crippen molar-refractivity contribution in [3.8, 4) is 0 Å². The van der Waals surface area contributed by atoms with Crippen LogP contribution in [0.15, 0.2) is 65.8 Å². The number of halogens is 2. The molecular formula is C21H24Cl2N4. The minimum absolute atomic E-state index is 0. The van der Waals surface area contributed by atoms with Crippen molar-refractivity contribution in [2.45, 2.75) is 26.8 Å². The van der Waals surface area contributed by atoms with Crippen molar-refractivity contribution in [2.75, 3.05) is 0 Å². The Kier molecular flexibility index (Phi) is 7.45. The van der Waals surface area contributed by atoms with Crippen molar-refractivity contribution in [2.24, 2.45) is 11.0 Å². The van der Waals surface area contributed by atoms with Crippen molar-refractivity contribution in [3.05, 3.63) is 76.8 Å². The Morgan fingerprint density at radius 1 is 1.11 bits per heavy atom. The number of benzene rings is 2. The van der Waals surface area contributed by atoms with Crippen molar-refractivity contribution < 1.29 is 17.4 Å². The molecule has 0 fully saturated rings. The zero-order valence-corrected chi connectivity index (χ0v) is 17.1. The van der Waals surface area contributed by atoms with Gasteiger partial charge in [0.05, 0.1) is 11.8 Å². The van der Waals surface area contributed by atoms with Crippen LogP contribution >= 0.6 is 11.6 Å². The van der Waals surface area contributed by atoms with E-state index in [1.54, 1.807) is 0 Å². The number of hydrogen-bond donors (Lipinski definition) is 3. The standard InChI is InChI=1S/C21H23ClN4.ClH/c1-14(2)19-13-20(17-9-11-18(22)12-10-17)24-21(23-19)26-25-15(3)16-7-5-4-6-8-16;/h4-14,19H,1-3H3,(H2,23,24,26);1H/b25-15+;. The molecule has 0 saturated heterocycles. The van der Waals surface area contributed by atoms with E-state index in [0.29, 0.717) is 5.92 Å². The predicted molar refractivity (Wildman–Crippen MR) is 109 cm³/mol. The average Bonchev–Trinajstić information content (AvgIpc) is 2.67. The largest absolute Gasteiger partial charge is 1.00 e. The molecule has 0 bridgehead atoms. The highest BCUT2D eigenvalue weighted by Crippen LogP contribution is 2.17. The minimum Gasteiger partial charge on any atom is -1.00 e. The van der Waals surface area contributed by atoms with E-state index in [0.717, 1.165) is 33.5 Å². The van der Waals surface area contributed by atoms with Gasteiger partial charge in [-0.2, -0.15) is 5.43 Å². The lowest BCUT2D eigenvalue weighted by Gasteiger charge is -2.20. The molecule has 2 aromatic carbocycles. The third kappa shape index (κ3) is 5.59. The summed E-state index contributed by atoms with van der Waals surface area (Å²) in [5.74, 6) is 1.21. The highest BCUT2D eigenvalue weighted by Gasteiger charge is 2.23. The van der Waals surface area contributed by atoms with Gasteiger partial charge >= 0.3 is 5.96 Å². The minimum atomic E-state index is 0. The number of hydrazone groups is 1. The van der Waals surface area contributed by atoms with Crippen LogP contribution in [0.25, 0.3) is 5.70 Å². The van der Waals surface area contributed by atoms with E-state index in [1.807, 2.05) is 61.5 Å². The van der Waals surface area contributed by atoms with Gasteiger partial charge < -0.3 is 12.4 Å². The Bertz CT molecular complexity index is 840. The topological polar surface area (TPSA) is 50.4 Å². The molecule has 1 atom stereocenters. The molecule has 27 heavy (non-hydrogen) atoms. The van der Waals surface area contributed by atoms with Crippen LogP contribution in [0.2, 0.25) is 5.02 Å². The van der Waals surface area contributed by atoms with Gasteiger partial charge in [-0.25, -0.2) is 5.32 Å². The SMILES string of the molecule is C/C(=N\NC1=[NH+]C(C(C)C)C=C(c2ccc(Cl)cc2)N1)c1ccccc1.[Cl-]. The van der Waals surface area contributed by atoms with Crippen LogP contribution in [0.1, 0.15) is 31.9 Å². The molecule has 0 aliphatic carbocycles. The number of nitrogens with zero attached hydrogens (tertiary/aromatic N) is 1. The Hall–Kier alpha value is -2.30. The summed E-state index contributed by atoms with van der Waals surface area (Å²) >= 11 is 6.01. The van der Waals surface area contributed by atoms with Gasteiger partial charge in [0.25, 0.3) is 0 Å². The van der Waals surface area contributed by atoms with Crippen LogP contribution in [0.3, 0.4) is 0 Å². The predicted octanol–water partition coefficient (Wildman–Crippen LogP) is -0.237. The van der Waals surface area contributed by atoms with Gasteiger partial charge in [0.2, 0.25) is 0 Å². The second-order valence-corrected chi connectivity index (χ2v) is 7.11. The number of nitrogens with one attached hydrogen (secondary N) is 3. The zero-order valence-electron chi connectivity index (χ0n) is 15.6. The molecule has 0 spiro atoms. The monoisotopic (exact) mass is 402 g/mol. The van der Waals surface area contributed by atoms with Gasteiger partial charge in [-0.05, 0) is 36.6 Å². The molecular weight excluding hydrogens is 379 g/mol. The average molecular weight is 403 g/mol. The van der Waals surface area contributed by atoms with Crippen LogP contribution in [0.5, 0.6) is 0 Å². The Labute approximate surface area is 171 Å². The van der Waals surface area contributed by atoms with Gasteiger partial charge in [-0.15, -0.1) is 5.10 Å². The molecule has 1 aliphatic heterocycles. The fourth-order valence-electron chi connectivity index (χ4n) is 2.70. The summed E-state index contributed by atoms with van der Waals surface area (Å²) in [5.41, 5.74) is 7.27. The molecule has 0 radical (unpaired) electrons. The summed E-state index contributed by atoms with van der Waals surface area (Å²) in [4.78, 5) is 3.46. The van der Waals surface area contributed by atoms with E-state index < -0.39 is 0 Å². The summed E-state index contributed by atoms with van der Waals surface area (Å²) in [6, 6.07) is 18.1. The molecule has 3 rings (SSSR count). The summed E-state index contributed by atoms with van der Waals surface area (Å²) in [6.45, 7) is 6.37. The molecule has 142 valence electrons. The number of hydrogen-bond acceptors (Lipinski definition) is 3. The zero-order chi connectivity index (χ0) is 18.5. The molecule has 0 saturated carbocycles. The Morgan fingerprint density at radius 3 is 2.41 bits per heavy atom. The van der Waals surface area contributed by atoms with Crippen LogP contribution in [-0.4, -0.2) is 17.7 Å². The quantitative estimate of drug-likeness (QED) is 0.488. The second-order valence-electron chi connectivity index (χ2n) is 6.68. The molecule has 1 unspecified atom stereocenters. The lowest BCUT2D eigenvalue weighted by Crippen LogP contribution is -3.00. The van der Waals surface area contributed by atoms with E-state index >= 15 is 0 Å². The Balaban J connectivity index is 0.00000261. The third-order valence-electron chi connectivity index (χ3n) is 4.32. The normalized spacial score (nSPS) is 16.8. The number of guanidine groups is 1. The van der Waals surface area contributed by atoms with Crippen LogP contribution in [0.4, 0.5) is 0 Å². The van der Waals surface area contributed by atoms with Gasteiger partial charge in [-0.1, -0.05) is 67.9 Å². The summed E-state index contributed by atoms with van der Waals surface area (Å²) in [5, 5.41) is 8.63. The van der Waals surface area contributed by atoms with Crippen LogP contribution in [0, 0.1) is 5.92 Å². The van der Waals surface area contributed by atoms with Crippen molar-refractivity contribution in [3.63, 3.8) is 0 Å². The summed E-state index contributed by atoms with van der Waals surface area (Å²) in [6.07, 6.45) is 2.20. The van der Waals surface area contributed by atoms with Gasteiger partial charge in [0, 0.05) is 10.6 Å². The second kappa shape index (κ2) is 9.58. The first-order chi connectivity index (χ1) is 12.5. The lowest BCUT2D eigenvalue weighted by atomic mass is 10.0. The van der Waals surface area contributed by atoms with Crippen molar-refractivity contribution in [1.82, 2.24) is 10.7 Å². The van der Waals surface area contributed by atoms with Crippen LogP contribution in [-0.2, 0) is 0 Å². The first-order valence-electron chi connectivity index (χ1n) is 8.77.